The summed E-state index contributed by atoms with van der Waals surface area (Å²) in [6.07, 6.45) is 1.52. The Balaban J connectivity index is 2.17. The third-order valence-electron chi connectivity index (χ3n) is 3.62. The van der Waals surface area contributed by atoms with E-state index < -0.39 is 10.0 Å². The zero-order chi connectivity index (χ0) is 17.5. The summed E-state index contributed by atoms with van der Waals surface area (Å²) in [5.74, 6) is 0.765. The summed E-state index contributed by atoms with van der Waals surface area (Å²) < 4.78 is 30.9. The third kappa shape index (κ3) is 2.57. The summed E-state index contributed by atoms with van der Waals surface area (Å²) in [6.45, 7) is 0. The summed E-state index contributed by atoms with van der Waals surface area (Å²) in [7, 11) is 0.792. The Morgan fingerprint density at radius 3 is 2.58 bits per heavy atom. The second kappa shape index (κ2) is 5.77. The molecule has 2 N–H and O–H groups in total. The largest absolute Gasteiger partial charge is 0.496 e. The molecule has 0 saturated heterocycles. The average Bonchev–Trinajstić information content (AvgIpc) is 2.99. The van der Waals surface area contributed by atoms with Crippen molar-refractivity contribution in [2.75, 3.05) is 21.2 Å². The first-order chi connectivity index (χ1) is 11.3. The number of hydrogen-bond donors (Lipinski definition) is 2. The highest BCUT2D eigenvalue weighted by Gasteiger charge is 2.20. The van der Waals surface area contributed by atoms with Crippen LogP contribution in [0.2, 0.25) is 0 Å². The van der Waals surface area contributed by atoms with Gasteiger partial charge in [-0.2, -0.15) is 0 Å². The predicted molar refractivity (Wildman–Crippen MR) is 89.6 cm³/mol. The zero-order valence-corrected chi connectivity index (χ0v) is 14.1. The summed E-state index contributed by atoms with van der Waals surface area (Å²) >= 11 is 0. The van der Waals surface area contributed by atoms with Gasteiger partial charge in [0.1, 0.15) is 11.6 Å². The van der Waals surface area contributed by atoms with Crippen molar-refractivity contribution < 1.29 is 13.2 Å². The van der Waals surface area contributed by atoms with Gasteiger partial charge < -0.3 is 14.7 Å². The number of H-pyrrole nitrogens is 2. The van der Waals surface area contributed by atoms with Crippen LogP contribution in [0, 0.1) is 0 Å². The zero-order valence-electron chi connectivity index (χ0n) is 13.3. The molecule has 0 bridgehead atoms. The van der Waals surface area contributed by atoms with E-state index in [0.717, 1.165) is 4.31 Å². The van der Waals surface area contributed by atoms with E-state index >= 15 is 0 Å². The molecule has 0 aliphatic heterocycles. The number of rotatable bonds is 4. The number of methoxy groups -OCH3 is 1. The fourth-order valence-corrected chi connectivity index (χ4v) is 3.23. The van der Waals surface area contributed by atoms with Crippen LogP contribution in [0.1, 0.15) is 0 Å². The molecule has 3 rings (SSSR count). The molecule has 24 heavy (non-hydrogen) atoms. The lowest BCUT2D eigenvalue weighted by molar-refractivity contribution is 0.414. The van der Waals surface area contributed by atoms with Crippen LogP contribution in [0.5, 0.6) is 5.75 Å². The number of pyridine rings is 1. The topological polar surface area (TPSA) is 108 Å². The molecule has 9 heteroatoms. The Bertz CT molecular complexity index is 1070. The van der Waals surface area contributed by atoms with E-state index in [-0.39, 0.29) is 16.0 Å². The molecule has 3 aromatic rings. The van der Waals surface area contributed by atoms with Gasteiger partial charge in [-0.25, -0.2) is 17.7 Å². The normalized spacial score (nSPS) is 12.0. The van der Waals surface area contributed by atoms with Crippen molar-refractivity contribution in [1.29, 1.82) is 0 Å². The lowest BCUT2D eigenvalue weighted by Crippen LogP contribution is -2.22. The van der Waals surface area contributed by atoms with Gasteiger partial charge in [-0.1, -0.05) is 0 Å². The van der Waals surface area contributed by atoms with E-state index in [2.05, 4.69) is 15.0 Å². The third-order valence-corrected chi connectivity index (χ3v) is 5.43. The number of ether oxygens (including phenoxy) is 1. The van der Waals surface area contributed by atoms with Crippen LogP contribution in [0.3, 0.4) is 0 Å². The summed E-state index contributed by atoms with van der Waals surface area (Å²) in [6, 6.07) is 6.21. The number of imidazole rings is 1. The summed E-state index contributed by atoms with van der Waals surface area (Å²) in [4.78, 5) is 21.8. The van der Waals surface area contributed by atoms with Gasteiger partial charge in [0.05, 0.1) is 23.1 Å². The van der Waals surface area contributed by atoms with E-state index in [4.69, 9.17) is 4.74 Å². The van der Waals surface area contributed by atoms with Crippen LogP contribution < -0.4 is 10.3 Å². The van der Waals surface area contributed by atoms with Gasteiger partial charge >= 0.3 is 0 Å². The minimum Gasteiger partial charge on any atom is -0.496 e. The fraction of sp³-hybridized carbons (Fsp3) is 0.200. The Kier molecular flexibility index (Phi) is 3.90. The maximum atomic E-state index is 12.2. The van der Waals surface area contributed by atoms with Crippen LogP contribution >= 0.6 is 0 Å². The van der Waals surface area contributed by atoms with Crippen LogP contribution in [0.15, 0.2) is 40.2 Å². The van der Waals surface area contributed by atoms with Crippen molar-refractivity contribution in [1.82, 2.24) is 19.3 Å². The maximum Gasteiger partial charge on any atom is 0.276 e. The van der Waals surface area contributed by atoms with Crippen molar-refractivity contribution in [2.45, 2.75) is 4.90 Å². The molecule has 8 nitrogen and oxygen atoms in total. The van der Waals surface area contributed by atoms with Gasteiger partial charge in [0.25, 0.3) is 5.56 Å². The van der Waals surface area contributed by atoms with E-state index in [1.165, 1.54) is 39.5 Å². The molecular formula is C15H16N4O4S. The highest BCUT2D eigenvalue weighted by Crippen LogP contribution is 2.31. The summed E-state index contributed by atoms with van der Waals surface area (Å²) in [5.41, 5.74) is 1.12. The molecule has 2 heterocycles. The number of fused-ring (bicyclic) bond motifs is 1. The van der Waals surface area contributed by atoms with Gasteiger partial charge in [-0.15, -0.1) is 0 Å². The molecule has 126 valence electrons. The van der Waals surface area contributed by atoms with E-state index in [1.54, 1.807) is 12.1 Å². The van der Waals surface area contributed by atoms with Crippen LogP contribution in [-0.2, 0) is 10.0 Å². The maximum absolute atomic E-state index is 12.2. The van der Waals surface area contributed by atoms with Gasteiger partial charge in [-0.05, 0) is 18.2 Å². The first-order valence-corrected chi connectivity index (χ1v) is 8.47. The summed E-state index contributed by atoms with van der Waals surface area (Å²) in [5, 5.41) is 0. The van der Waals surface area contributed by atoms with Crippen molar-refractivity contribution in [3.63, 3.8) is 0 Å². The number of benzene rings is 1. The molecule has 0 saturated carbocycles. The number of nitrogens with zero attached hydrogens (tertiary/aromatic N) is 2. The fourth-order valence-electron chi connectivity index (χ4n) is 2.32. The van der Waals surface area contributed by atoms with E-state index in [1.807, 2.05) is 0 Å². The molecule has 0 amide bonds. The standard InChI is InChI=1S/C15H16N4O4S/c1-19(2)24(21,22)9-4-5-10(12(8-9)23-3)14-17-11-6-7-16-15(20)13(11)18-14/h4-8H,1-3H3,(H,16,20)(H,17,18). The monoisotopic (exact) mass is 348 g/mol. The molecule has 0 fully saturated rings. The van der Waals surface area contributed by atoms with Crippen LogP contribution in [0.25, 0.3) is 22.4 Å². The van der Waals surface area contributed by atoms with Crippen molar-refractivity contribution in [3.05, 3.63) is 40.8 Å². The van der Waals surface area contributed by atoms with E-state index in [9.17, 15) is 13.2 Å². The quantitative estimate of drug-likeness (QED) is 0.736. The van der Waals surface area contributed by atoms with Crippen LogP contribution in [0.4, 0.5) is 0 Å². The lowest BCUT2D eigenvalue weighted by atomic mass is 10.2. The minimum absolute atomic E-state index is 0.113. The molecule has 2 aromatic heterocycles. The van der Waals surface area contributed by atoms with Crippen molar-refractivity contribution in [2.24, 2.45) is 0 Å². The van der Waals surface area contributed by atoms with E-state index in [0.29, 0.717) is 22.7 Å². The van der Waals surface area contributed by atoms with Gasteiger partial charge in [0.2, 0.25) is 10.0 Å². The molecular weight excluding hydrogens is 332 g/mol. The highest BCUT2D eigenvalue weighted by molar-refractivity contribution is 7.89. The van der Waals surface area contributed by atoms with Crippen LogP contribution in [-0.4, -0.2) is 48.9 Å². The van der Waals surface area contributed by atoms with Crippen molar-refractivity contribution in [3.8, 4) is 17.1 Å². The minimum atomic E-state index is -3.57. The van der Waals surface area contributed by atoms with Gasteiger partial charge in [-0.3, -0.25) is 4.79 Å². The Hall–Kier alpha value is -2.65. The Morgan fingerprint density at radius 1 is 1.21 bits per heavy atom. The molecule has 0 unspecified atom stereocenters. The number of hydrogen-bond acceptors (Lipinski definition) is 5. The molecule has 0 aliphatic carbocycles. The number of aromatic nitrogens is 3. The molecule has 0 atom stereocenters. The number of aromatic amines is 2. The molecule has 0 aliphatic rings. The second-order valence-electron chi connectivity index (χ2n) is 5.30. The molecule has 1 aromatic carbocycles. The first-order valence-electron chi connectivity index (χ1n) is 7.03. The number of nitrogens with one attached hydrogen (secondary N) is 2. The average molecular weight is 348 g/mol. The Morgan fingerprint density at radius 2 is 1.96 bits per heavy atom. The van der Waals surface area contributed by atoms with Crippen molar-refractivity contribution >= 4 is 21.1 Å². The highest BCUT2D eigenvalue weighted by atomic mass is 32.2. The number of sulfonamides is 1. The lowest BCUT2D eigenvalue weighted by Gasteiger charge is -2.13. The Labute approximate surface area is 138 Å². The van der Waals surface area contributed by atoms with Gasteiger partial charge in [0, 0.05) is 26.4 Å². The second-order valence-corrected chi connectivity index (χ2v) is 7.46. The van der Waals surface area contributed by atoms with Gasteiger partial charge in [0.15, 0.2) is 5.52 Å². The predicted octanol–water partition coefficient (Wildman–Crippen LogP) is 1.18. The SMILES string of the molecule is COc1cc(S(=O)(=O)N(C)C)ccc1-c1nc2c(=O)[nH]ccc2[nH]1. The first kappa shape index (κ1) is 16.2. The smallest absolute Gasteiger partial charge is 0.276 e. The molecule has 0 spiro atoms. The molecule has 0 radical (unpaired) electrons.